The molecule has 0 amide bonds. The molecule has 0 aromatic carbocycles. The molecule has 0 spiro atoms. The average Bonchev–Trinajstić information content (AvgIpc) is 1.85. The molecule has 0 aliphatic heterocycles. The molecule has 3 heteroatoms. The molecule has 0 aromatic heterocycles. The van der Waals surface area contributed by atoms with E-state index in [9.17, 15) is 4.79 Å². The number of hydrogen-bond donors (Lipinski definition) is 0. The monoisotopic (exact) mass is 227 g/mol. The van der Waals surface area contributed by atoms with Crippen molar-refractivity contribution in [2.75, 3.05) is 0 Å². The average molecular weight is 228 g/mol. The summed E-state index contributed by atoms with van der Waals surface area (Å²) in [5, 5.41) is 8.72. The summed E-state index contributed by atoms with van der Waals surface area (Å²) in [4.78, 5) is 10.9. The first kappa shape index (κ1) is 18.6. The Balaban J connectivity index is -0.000000220. The van der Waals surface area contributed by atoms with Gasteiger partial charge in [0.05, 0.1) is 0 Å². The molecule has 0 saturated carbocycles. The number of hydrogen-bond acceptors (Lipinski definition) is 1. The molecule has 80 valence electrons. The van der Waals surface area contributed by atoms with E-state index in [0.717, 1.165) is 0 Å². The molecule has 0 fully saturated rings. The van der Waals surface area contributed by atoms with Crippen LogP contribution in [-0.2, 0) is 21.3 Å². The normalized spacial score (nSPS) is 9.08. The van der Waals surface area contributed by atoms with Crippen molar-refractivity contribution in [1.82, 2.24) is 0 Å². The predicted octanol–water partition coefficient (Wildman–Crippen LogP) is 2.86. The predicted molar refractivity (Wildman–Crippen MR) is 54.2 cm³/mol. The van der Waals surface area contributed by atoms with Crippen molar-refractivity contribution in [2.24, 2.45) is 5.41 Å². The minimum absolute atomic E-state index is 0. The molecule has 0 rings (SSSR count). The summed E-state index contributed by atoms with van der Waals surface area (Å²) in [5.74, 6) is -0.192. The van der Waals surface area contributed by atoms with Crippen LogP contribution in [0.3, 0.4) is 0 Å². The van der Waals surface area contributed by atoms with Crippen LogP contribution in [0, 0.1) is 11.8 Å². The first-order valence-electron chi connectivity index (χ1n) is 4.08. The van der Waals surface area contributed by atoms with E-state index in [1.165, 1.54) is 6.92 Å². The maximum Gasteiger partial charge on any atom is 2.00 e. The molecule has 0 unspecified atom stereocenters. The van der Waals surface area contributed by atoms with Gasteiger partial charge in [-0.15, -0.1) is 5.71 Å². The van der Waals surface area contributed by atoms with E-state index in [1.807, 2.05) is 20.3 Å². The summed E-state index contributed by atoms with van der Waals surface area (Å²) in [6, 6.07) is 0. The van der Waals surface area contributed by atoms with Gasteiger partial charge in [-0.3, -0.25) is 4.79 Å². The van der Waals surface area contributed by atoms with Gasteiger partial charge in [0.2, 0.25) is 0 Å². The van der Waals surface area contributed by atoms with Crippen molar-refractivity contribution >= 4 is 11.5 Å². The summed E-state index contributed by atoms with van der Waals surface area (Å²) in [5.41, 5.74) is -0.554. The first-order chi connectivity index (χ1) is 5.27. The van der Waals surface area contributed by atoms with E-state index in [0.29, 0.717) is 0 Å². The minimum Gasteiger partial charge on any atom is -0.805 e. The van der Waals surface area contributed by atoms with Gasteiger partial charge in [-0.05, 0) is 0 Å². The first-order valence-corrected chi connectivity index (χ1v) is 4.08. The third-order valence-electron chi connectivity index (χ3n) is 1.01. The molecule has 13 heavy (non-hydrogen) atoms. The minimum atomic E-state index is -0.446. The fourth-order valence-electron chi connectivity index (χ4n) is 0.543. The Morgan fingerprint density at radius 1 is 1.23 bits per heavy atom. The van der Waals surface area contributed by atoms with Crippen LogP contribution in [0.5, 0.6) is 0 Å². The Morgan fingerprint density at radius 3 is 1.46 bits per heavy atom. The molecular weight excluding hydrogens is 209 g/mol. The molecule has 0 N–H and O–H groups in total. The molecule has 0 saturated heterocycles. The van der Waals surface area contributed by atoms with Gasteiger partial charge in [0, 0.05) is 5.41 Å². The van der Waals surface area contributed by atoms with E-state index in [-0.39, 0.29) is 28.0 Å². The molecule has 0 radical (unpaired) electrons. The summed E-state index contributed by atoms with van der Waals surface area (Å²) < 4.78 is 0. The molecule has 0 heterocycles. The van der Waals surface area contributed by atoms with E-state index in [1.54, 1.807) is 20.8 Å². The third-order valence-corrected chi connectivity index (χ3v) is 1.01. The van der Waals surface area contributed by atoms with Crippen LogP contribution in [0.25, 0.3) is 5.41 Å². The fraction of sp³-hybridized carbons (Fsp3) is 0.700. The zero-order valence-corrected chi connectivity index (χ0v) is 10.2. The van der Waals surface area contributed by atoms with E-state index < -0.39 is 5.41 Å². The number of rotatable bonds is 1. The fourth-order valence-corrected chi connectivity index (χ4v) is 0.543. The van der Waals surface area contributed by atoms with Gasteiger partial charge in [-0.1, -0.05) is 27.7 Å². The molecule has 0 aliphatic carbocycles. The van der Waals surface area contributed by atoms with Gasteiger partial charge in [-0.25, -0.2) is 0 Å². The van der Waals surface area contributed by atoms with Crippen LogP contribution in [-0.4, -0.2) is 11.5 Å². The number of carbonyl (C=O) groups excluding carboxylic acids is 1. The molecule has 0 aromatic rings. The molecule has 0 bridgehead atoms. The third kappa shape index (κ3) is 11.8. The smallest absolute Gasteiger partial charge is 0.805 e. The Bertz CT molecular complexity index is 159. The Labute approximate surface area is 91.9 Å². The van der Waals surface area contributed by atoms with Crippen molar-refractivity contribution in [3.8, 4) is 0 Å². The van der Waals surface area contributed by atoms with Gasteiger partial charge in [0.1, 0.15) is 5.78 Å². The Hall–Kier alpha value is -0.166. The van der Waals surface area contributed by atoms with Crippen LogP contribution in [0.15, 0.2) is 0 Å². The maximum absolute atomic E-state index is 10.9. The summed E-state index contributed by atoms with van der Waals surface area (Å²) >= 11 is 0. The molecule has 0 atom stereocenters. The quantitative estimate of drug-likeness (QED) is 0.386. The molecule has 2 nitrogen and oxygen atoms in total. The number of ketones is 1. The van der Waals surface area contributed by atoms with Gasteiger partial charge in [0.15, 0.2) is 0 Å². The van der Waals surface area contributed by atoms with Gasteiger partial charge < -0.3 is 11.8 Å². The standard InChI is InChI=1S/C7H12NO.C3H7.Ni/c1-5(8)6(9)7(2,3)4;1-3-2;/h1-4H3;3H,1-2H3;/q2*-1;+2. The van der Waals surface area contributed by atoms with Crippen molar-refractivity contribution in [3.05, 3.63) is 11.8 Å². The Kier molecular flexibility index (Phi) is 12.1. The number of nitrogens with zero attached hydrogens (tertiary/aromatic N) is 1. The summed E-state index contributed by atoms with van der Waals surface area (Å²) in [6.45, 7) is 10.7. The maximum atomic E-state index is 10.9. The van der Waals surface area contributed by atoms with E-state index in [4.69, 9.17) is 5.41 Å². The van der Waals surface area contributed by atoms with E-state index >= 15 is 0 Å². The van der Waals surface area contributed by atoms with Gasteiger partial charge in [0.25, 0.3) is 0 Å². The number of carbonyl (C=O) groups is 1. The second-order valence-electron chi connectivity index (χ2n) is 3.74. The molecule has 0 aliphatic rings. The zero-order valence-electron chi connectivity index (χ0n) is 9.25. The van der Waals surface area contributed by atoms with Crippen molar-refractivity contribution < 1.29 is 21.3 Å². The summed E-state index contributed by atoms with van der Waals surface area (Å²) in [7, 11) is 0. The van der Waals surface area contributed by atoms with Crippen LogP contribution in [0.1, 0.15) is 41.5 Å². The van der Waals surface area contributed by atoms with E-state index in [2.05, 4.69) is 0 Å². The van der Waals surface area contributed by atoms with Crippen LogP contribution in [0.4, 0.5) is 0 Å². The second kappa shape index (κ2) is 8.43. The van der Waals surface area contributed by atoms with Gasteiger partial charge in [-0.2, -0.15) is 13.8 Å². The Morgan fingerprint density at radius 2 is 1.46 bits per heavy atom. The number of Topliss-reactive ketones (excluding diaryl/α,β-unsaturated/α-hetero) is 1. The zero-order chi connectivity index (χ0) is 10.4. The topological polar surface area (TPSA) is 39.4 Å². The second-order valence-corrected chi connectivity index (χ2v) is 3.74. The van der Waals surface area contributed by atoms with Crippen LogP contribution < -0.4 is 0 Å². The van der Waals surface area contributed by atoms with Gasteiger partial charge >= 0.3 is 16.5 Å². The van der Waals surface area contributed by atoms with Crippen LogP contribution in [0.2, 0.25) is 0 Å². The SMILES string of the molecule is CC(=[N-])C(=O)C(C)(C)C.C[CH-]C.[Ni+2]. The van der Waals surface area contributed by atoms with Crippen molar-refractivity contribution in [1.29, 1.82) is 0 Å². The summed E-state index contributed by atoms with van der Waals surface area (Å²) in [6.07, 6.45) is 2.00. The largest absolute Gasteiger partial charge is 2.00 e. The van der Waals surface area contributed by atoms with Crippen molar-refractivity contribution in [3.63, 3.8) is 0 Å². The van der Waals surface area contributed by atoms with Crippen molar-refractivity contribution in [2.45, 2.75) is 41.5 Å². The molecular formula is C10H19NNiO. The van der Waals surface area contributed by atoms with Crippen LogP contribution >= 0.6 is 0 Å².